The Morgan fingerprint density at radius 2 is 1.90 bits per heavy atom. The molecule has 1 atom stereocenters. The normalized spacial score (nSPS) is 22.6. The predicted octanol–water partition coefficient (Wildman–Crippen LogP) is 2.52. The molecule has 1 N–H and O–H groups in total. The first-order valence-electron chi connectivity index (χ1n) is 7.51. The Morgan fingerprint density at radius 1 is 1.30 bits per heavy atom. The molecular weight excluding hydrogens is 256 g/mol. The lowest BCUT2D eigenvalue weighted by molar-refractivity contribution is -0.150. The molecule has 0 aromatic heterocycles. The van der Waals surface area contributed by atoms with E-state index in [1.54, 1.807) is 4.90 Å². The van der Waals surface area contributed by atoms with Crippen molar-refractivity contribution >= 4 is 12.0 Å². The zero-order valence-corrected chi connectivity index (χ0v) is 13.3. The van der Waals surface area contributed by atoms with E-state index >= 15 is 0 Å². The summed E-state index contributed by atoms with van der Waals surface area (Å²) in [6.07, 6.45) is 0.547. The Hall–Kier alpha value is -1.26. The van der Waals surface area contributed by atoms with Gasteiger partial charge in [-0.25, -0.2) is 4.79 Å². The van der Waals surface area contributed by atoms with Crippen LogP contribution in [0.15, 0.2) is 0 Å². The first-order valence-corrected chi connectivity index (χ1v) is 7.51. The van der Waals surface area contributed by atoms with Crippen molar-refractivity contribution in [2.45, 2.75) is 41.0 Å². The molecule has 116 valence electrons. The number of carbonyl (C=O) groups is 2. The number of hydrogen-bond acceptors (Lipinski definition) is 2. The Kier molecular flexibility index (Phi) is 5.42. The molecule has 0 spiro atoms. The van der Waals surface area contributed by atoms with Gasteiger partial charge in [0.25, 0.3) is 0 Å². The van der Waals surface area contributed by atoms with Crippen molar-refractivity contribution in [1.29, 1.82) is 0 Å². The number of amides is 2. The zero-order chi connectivity index (χ0) is 15.5. The van der Waals surface area contributed by atoms with Crippen LogP contribution in [0.1, 0.15) is 41.0 Å². The molecule has 5 nitrogen and oxygen atoms in total. The van der Waals surface area contributed by atoms with Gasteiger partial charge in [0, 0.05) is 26.2 Å². The standard InChI is InChI=1S/C15H28N2O3/c1-6-16(9-11(2)3)14(20)17-8-7-15(10-17,12(4)5)13(18)19/h11-12H,6-10H2,1-5H3,(H,18,19). The number of rotatable bonds is 5. The first-order chi connectivity index (χ1) is 9.24. The third kappa shape index (κ3) is 3.25. The zero-order valence-electron chi connectivity index (χ0n) is 13.3. The van der Waals surface area contributed by atoms with Crippen LogP contribution < -0.4 is 0 Å². The summed E-state index contributed by atoms with van der Waals surface area (Å²) in [6.45, 7) is 12.2. The lowest BCUT2D eigenvalue weighted by Gasteiger charge is -2.31. The maximum absolute atomic E-state index is 12.5. The van der Waals surface area contributed by atoms with Crippen LogP contribution in [0.3, 0.4) is 0 Å². The molecule has 1 rings (SSSR count). The topological polar surface area (TPSA) is 60.9 Å². The highest BCUT2D eigenvalue weighted by Gasteiger charge is 2.48. The summed E-state index contributed by atoms with van der Waals surface area (Å²) in [5.74, 6) is -0.344. The minimum atomic E-state index is -0.785. The van der Waals surface area contributed by atoms with Crippen LogP contribution in [0.25, 0.3) is 0 Å². The van der Waals surface area contributed by atoms with E-state index in [1.165, 1.54) is 0 Å². The Bertz CT molecular complexity index is 368. The molecule has 1 heterocycles. The highest BCUT2D eigenvalue weighted by molar-refractivity contribution is 5.80. The minimum Gasteiger partial charge on any atom is -0.481 e. The fourth-order valence-corrected chi connectivity index (χ4v) is 2.87. The molecule has 0 aromatic carbocycles. The van der Waals surface area contributed by atoms with Crippen molar-refractivity contribution in [1.82, 2.24) is 9.80 Å². The van der Waals surface area contributed by atoms with Gasteiger partial charge >= 0.3 is 12.0 Å². The first kappa shape index (κ1) is 16.8. The minimum absolute atomic E-state index is 0.0232. The lowest BCUT2D eigenvalue weighted by atomic mass is 9.76. The molecule has 0 aromatic rings. The number of aliphatic carboxylic acids is 1. The summed E-state index contributed by atoms with van der Waals surface area (Å²) in [6, 6.07) is -0.0232. The number of likely N-dealkylation sites (tertiary alicyclic amines) is 1. The fourth-order valence-electron chi connectivity index (χ4n) is 2.87. The van der Waals surface area contributed by atoms with Crippen LogP contribution in [0.2, 0.25) is 0 Å². The van der Waals surface area contributed by atoms with E-state index in [4.69, 9.17) is 0 Å². The van der Waals surface area contributed by atoms with Gasteiger partial charge in [-0.3, -0.25) is 4.79 Å². The molecule has 20 heavy (non-hydrogen) atoms. The van der Waals surface area contributed by atoms with Gasteiger partial charge in [0.1, 0.15) is 0 Å². The largest absolute Gasteiger partial charge is 0.481 e. The Balaban J connectivity index is 2.80. The Labute approximate surface area is 121 Å². The maximum atomic E-state index is 12.5. The van der Waals surface area contributed by atoms with E-state index in [2.05, 4.69) is 13.8 Å². The van der Waals surface area contributed by atoms with Gasteiger partial charge in [0.05, 0.1) is 5.41 Å². The van der Waals surface area contributed by atoms with Crippen LogP contribution >= 0.6 is 0 Å². The number of carboxylic acid groups (broad SMARTS) is 1. The van der Waals surface area contributed by atoms with Crippen LogP contribution in [-0.2, 0) is 4.79 Å². The van der Waals surface area contributed by atoms with Gasteiger partial charge in [-0.1, -0.05) is 27.7 Å². The molecule has 0 radical (unpaired) electrons. The summed E-state index contributed by atoms with van der Waals surface area (Å²) in [7, 11) is 0. The van der Waals surface area contributed by atoms with Crippen molar-refractivity contribution < 1.29 is 14.7 Å². The van der Waals surface area contributed by atoms with Crippen LogP contribution in [-0.4, -0.2) is 53.1 Å². The van der Waals surface area contributed by atoms with E-state index in [0.29, 0.717) is 38.5 Å². The van der Waals surface area contributed by atoms with Crippen molar-refractivity contribution in [3.8, 4) is 0 Å². The Morgan fingerprint density at radius 3 is 2.25 bits per heavy atom. The molecule has 1 saturated heterocycles. The van der Waals surface area contributed by atoms with E-state index in [1.807, 2.05) is 25.7 Å². The number of urea groups is 1. The third-order valence-corrected chi connectivity index (χ3v) is 4.34. The summed E-state index contributed by atoms with van der Waals surface area (Å²) >= 11 is 0. The van der Waals surface area contributed by atoms with E-state index in [9.17, 15) is 14.7 Å². The van der Waals surface area contributed by atoms with Gasteiger partial charge in [-0.05, 0) is 25.2 Å². The average molecular weight is 284 g/mol. The van der Waals surface area contributed by atoms with Crippen LogP contribution in [0.5, 0.6) is 0 Å². The second-order valence-electron chi connectivity index (χ2n) is 6.50. The lowest BCUT2D eigenvalue weighted by Crippen LogP contribution is -2.46. The molecule has 0 saturated carbocycles. The second-order valence-corrected chi connectivity index (χ2v) is 6.50. The molecule has 0 aliphatic carbocycles. The van der Waals surface area contributed by atoms with Gasteiger partial charge < -0.3 is 14.9 Å². The third-order valence-electron chi connectivity index (χ3n) is 4.34. The van der Waals surface area contributed by atoms with Gasteiger partial charge in [0.2, 0.25) is 0 Å². The number of nitrogens with zero attached hydrogens (tertiary/aromatic N) is 2. The summed E-state index contributed by atoms with van der Waals surface area (Å²) < 4.78 is 0. The molecule has 1 fully saturated rings. The summed E-state index contributed by atoms with van der Waals surface area (Å²) in [5.41, 5.74) is -0.785. The monoisotopic (exact) mass is 284 g/mol. The summed E-state index contributed by atoms with van der Waals surface area (Å²) in [5, 5.41) is 9.52. The van der Waals surface area contributed by atoms with E-state index in [0.717, 1.165) is 0 Å². The maximum Gasteiger partial charge on any atom is 0.320 e. The number of carbonyl (C=O) groups excluding carboxylic acids is 1. The van der Waals surface area contributed by atoms with E-state index in [-0.39, 0.29) is 11.9 Å². The molecule has 0 bridgehead atoms. The second kappa shape index (κ2) is 6.46. The van der Waals surface area contributed by atoms with Crippen molar-refractivity contribution in [3.63, 3.8) is 0 Å². The van der Waals surface area contributed by atoms with Gasteiger partial charge in [0.15, 0.2) is 0 Å². The molecule has 1 unspecified atom stereocenters. The number of carboxylic acids is 1. The molecular formula is C15H28N2O3. The van der Waals surface area contributed by atoms with Crippen molar-refractivity contribution in [2.75, 3.05) is 26.2 Å². The van der Waals surface area contributed by atoms with Crippen molar-refractivity contribution in [3.05, 3.63) is 0 Å². The average Bonchev–Trinajstić information content (AvgIpc) is 2.81. The van der Waals surface area contributed by atoms with Gasteiger partial charge in [-0.15, -0.1) is 0 Å². The molecule has 2 amide bonds. The molecule has 1 aliphatic heterocycles. The summed E-state index contributed by atoms with van der Waals surface area (Å²) in [4.78, 5) is 27.6. The van der Waals surface area contributed by atoms with Crippen LogP contribution in [0.4, 0.5) is 4.79 Å². The van der Waals surface area contributed by atoms with Crippen molar-refractivity contribution in [2.24, 2.45) is 17.3 Å². The highest BCUT2D eigenvalue weighted by atomic mass is 16.4. The highest BCUT2D eigenvalue weighted by Crippen LogP contribution is 2.38. The smallest absolute Gasteiger partial charge is 0.320 e. The van der Waals surface area contributed by atoms with Gasteiger partial charge in [-0.2, -0.15) is 0 Å². The van der Waals surface area contributed by atoms with E-state index < -0.39 is 11.4 Å². The predicted molar refractivity (Wildman–Crippen MR) is 78.6 cm³/mol. The molecule has 1 aliphatic rings. The SMILES string of the molecule is CCN(CC(C)C)C(=O)N1CCC(C(=O)O)(C(C)C)C1. The fraction of sp³-hybridized carbons (Fsp3) is 0.867. The quantitative estimate of drug-likeness (QED) is 0.844. The molecule has 5 heteroatoms. The van der Waals surface area contributed by atoms with Crippen LogP contribution in [0, 0.1) is 17.3 Å². The number of hydrogen-bond donors (Lipinski definition) is 1.